The average Bonchev–Trinajstić information content (AvgIpc) is 4.08. The molecule has 3 unspecified atom stereocenters. The summed E-state index contributed by atoms with van der Waals surface area (Å²) in [5.41, 5.74) is 0.830. The summed E-state index contributed by atoms with van der Waals surface area (Å²) in [5, 5.41) is 19.8. The van der Waals surface area contributed by atoms with Crippen molar-refractivity contribution in [3.05, 3.63) is 113 Å². The molecular formula is C44H51Cl3F2N14O3. The molecule has 3 aliphatic rings. The number of aromatic nitrogens is 6. The summed E-state index contributed by atoms with van der Waals surface area (Å²) in [6.07, 6.45) is 8.12. The first-order valence-electron chi connectivity index (χ1n) is 21.0. The summed E-state index contributed by atoms with van der Waals surface area (Å²) in [7, 11) is 0. The van der Waals surface area contributed by atoms with Crippen LogP contribution in [-0.2, 0) is 9.53 Å². The molecule has 0 aliphatic carbocycles. The topological polar surface area (TPSA) is 199 Å². The number of anilines is 7. The van der Waals surface area contributed by atoms with Crippen LogP contribution in [0.3, 0.4) is 0 Å². The minimum absolute atomic E-state index is 0.0373. The lowest BCUT2D eigenvalue weighted by molar-refractivity contribution is -0.125. The van der Waals surface area contributed by atoms with E-state index in [0.29, 0.717) is 72.0 Å². The Morgan fingerprint density at radius 1 is 0.697 bits per heavy atom. The maximum atomic E-state index is 13.2. The maximum Gasteiger partial charge on any atom is 0.410 e. The molecule has 3 aliphatic heterocycles. The number of halogens is 5. The Morgan fingerprint density at radius 3 is 1.67 bits per heavy atom. The average molecular weight is 968 g/mol. The van der Waals surface area contributed by atoms with Crippen molar-refractivity contribution in [1.82, 2.24) is 45.0 Å². The van der Waals surface area contributed by atoms with Crippen molar-refractivity contribution in [3.63, 3.8) is 0 Å². The Kier molecular flexibility index (Phi) is 17.4. The van der Waals surface area contributed by atoms with Crippen molar-refractivity contribution in [2.24, 2.45) is 0 Å². The molecule has 0 spiro atoms. The first-order chi connectivity index (χ1) is 31.6. The van der Waals surface area contributed by atoms with Crippen LogP contribution in [0.4, 0.5) is 54.0 Å². The third kappa shape index (κ3) is 15.5. The van der Waals surface area contributed by atoms with Crippen LogP contribution in [0, 0.1) is 11.6 Å². The van der Waals surface area contributed by atoms with Crippen molar-refractivity contribution in [2.45, 2.75) is 63.8 Å². The standard InChI is InChI=1S/C17H17ClFN5O.C14H15ClFN5.C13H19ClN4O2/c1-2-17(25)24-6-5-12(9-24)23-16-8-15(20-10-21-16)22-11-3-4-14(19)13(18)7-11;15-11-5-9(1-2-12(11)16)20-13-6-14(19-8-18-13)21-10-3-4-17-7-10;1-13(2,3)20-12(19)18-5-4-9(7-18)17-11-6-10(14)15-8-16-11/h2-4,7-8,10,12H,1,5-6,9H2,(H2,20,21,22,23);1-2,5-6,8,10,17H,3-4,7H2,(H2,18,19,20,21);6,8-9H,4-5,7H2,1-3H3,(H,15,16,17). The number of carbonyl (C=O) groups is 2. The molecular weight excluding hydrogens is 917 g/mol. The Labute approximate surface area is 396 Å². The van der Waals surface area contributed by atoms with Crippen LogP contribution >= 0.6 is 34.8 Å². The van der Waals surface area contributed by atoms with Crippen LogP contribution in [0.5, 0.6) is 0 Å². The molecule has 3 atom stereocenters. The number of hydrogen-bond acceptors (Lipinski definition) is 15. The largest absolute Gasteiger partial charge is 0.444 e. The molecule has 5 aromatic rings. The van der Waals surface area contributed by atoms with Crippen LogP contribution < -0.4 is 31.9 Å². The fraction of sp³-hybridized carbons (Fsp3) is 0.364. The Morgan fingerprint density at radius 2 is 1.18 bits per heavy atom. The van der Waals surface area contributed by atoms with Crippen molar-refractivity contribution in [2.75, 3.05) is 65.9 Å². The van der Waals surface area contributed by atoms with Crippen molar-refractivity contribution < 1.29 is 23.1 Å². The van der Waals surface area contributed by atoms with Crippen LogP contribution in [-0.4, -0.2) is 115 Å². The summed E-state index contributed by atoms with van der Waals surface area (Å²) in [4.78, 5) is 51.6. The highest BCUT2D eigenvalue weighted by Crippen LogP contribution is 2.25. The Hall–Kier alpha value is -6.15. The first kappa shape index (κ1) is 49.3. The number of rotatable bonds is 11. The molecule has 3 saturated heterocycles. The molecule has 0 bridgehead atoms. The van der Waals surface area contributed by atoms with Gasteiger partial charge in [0.1, 0.15) is 70.5 Å². The van der Waals surface area contributed by atoms with Crippen molar-refractivity contribution >= 4 is 87.3 Å². The fourth-order valence-corrected chi connectivity index (χ4v) is 7.36. The minimum atomic E-state index is -0.475. The number of benzene rings is 2. The van der Waals surface area contributed by atoms with Gasteiger partial charge in [-0.1, -0.05) is 41.4 Å². The predicted octanol–water partition coefficient (Wildman–Crippen LogP) is 8.55. The summed E-state index contributed by atoms with van der Waals surface area (Å²) < 4.78 is 31.7. The van der Waals surface area contributed by atoms with E-state index in [1.807, 2.05) is 26.8 Å². The van der Waals surface area contributed by atoms with E-state index >= 15 is 0 Å². The fourth-order valence-electron chi connectivity index (χ4n) is 6.85. The predicted molar refractivity (Wildman–Crippen MR) is 254 cm³/mol. The Bertz CT molecular complexity index is 2450. The molecule has 0 radical (unpaired) electrons. The van der Waals surface area contributed by atoms with E-state index in [2.05, 4.69) is 68.4 Å². The lowest BCUT2D eigenvalue weighted by Gasteiger charge is -2.24. The van der Waals surface area contributed by atoms with E-state index in [4.69, 9.17) is 39.5 Å². The van der Waals surface area contributed by atoms with Gasteiger partial charge < -0.3 is 46.4 Å². The normalized spacial score (nSPS) is 17.7. The molecule has 0 saturated carbocycles. The summed E-state index contributed by atoms with van der Waals surface area (Å²) in [6, 6.07) is 14.7. The van der Waals surface area contributed by atoms with E-state index in [1.54, 1.807) is 34.1 Å². The molecule has 66 heavy (non-hydrogen) atoms. The highest BCUT2D eigenvalue weighted by molar-refractivity contribution is 6.31. The van der Waals surface area contributed by atoms with Crippen LogP contribution in [0.25, 0.3) is 0 Å². The number of likely N-dealkylation sites (tertiary alicyclic amines) is 2. The summed E-state index contributed by atoms with van der Waals surface area (Å²) >= 11 is 17.3. The van der Waals surface area contributed by atoms with Gasteiger partial charge in [0.25, 0.3) is 0 Å². The van der Waals surface area contributed by atoms with Gasteiger partial charge in [0.05, 0.1) is 10.0 Å². The second-order valence-electron chi connectivity index (χ2n) is 16.3. The number of nitrogens with zero attached hydrogens (tertiary/aromatic N) is 8. The first-order valence-corrected chi connectivity index (χ1v) is 22.2. The van der Waals surface area contributed by atoms with Crippen LogP contribution in [0.15, 0.2) is 86.2 Å². The van der Waals surface area contributed by atoms with Gasteiger partial charge in [-0.25, -0.2) is 43.5 Å². The second kappa shape index (κ2) is 23.3. The zero-order chi connectivity index (χ0) is 47.2. The minimum Gasteiger partial charge on any atom is -0.444 e. The molecule has 6 heterocycles. The van der Waals surface area contributed by atoms with Crippen molar-refractivity contribution in [1.29, 1.82) is 0 Å². The lowest BCUT2D eigenvalue weighted by atomic mass is 10.2. The van der Waals surface area contributed by atoms with Gasteiger partial charge in [-0.2, -0.15) is 0 Å². The SMILES string of the molecule is C=CC(=O)N1CCC(Nc2cc(Nc3ccc(F)c(Cl)c3)ncn2)C1.CC(C)(C)OC(=O)N1CCC(Nc2cc(Cl)ncn2)C1.Fc1ccc(Nc2cc(NC3CCNC3)ncn2)cc1Cl. The van der Waals surface area contributed by atoms with Gasteiger partial charge in [-0.05, 0) is 89.1 Å². The number of ether oxygens (including phenoxy) is 1. The molecule has 17 nitrogen and oxygen atoms in total. The van der Waals surface area contributed by atoms with Gasteiger partial charge in [0.15, 0.2) is 0 Å². The highest BCUT2D eigenvalue weighted by atomic mass is 35.5. The zero-order valence-corrected chi connectivity index (χ0v) is 38.8. The Balaban J connectivity index is 0.000000165. The van der Waals surface area contributed by atoms with Crippen LogP contribution in [0.1, 0.15) is 40.0 Å². The van der Waals surface area contributed by atoms with E-state index in [-0.39, 0.29) is 34.1 Å². The lowest BCUT2D eigenvalue weighted by Crippen LogP contribution is -2.36. The third-order valence-electron chi connectivity index (χ3n) is 9.98. The van der Waals surface area contributed by atoms with E-state index in [9.17, 15) is 18.4 Å². The molecule has 6 N–H and O–H groups in total. The highest BCUT2D eigenvalue weighted by Gasteiger charge is 2.30. The molecule has 3 fully saturated rings. The van der Waals surface area contributed by atoms with Crippen molar-refractivity contribution in [3.8, 4) is 0 Å². The number of amides is 2. The molecule has 22 heteroatoms. The summed E-state index contributed by atoms with van der Waals surface area (Å²) in [6.45, 7) is 13.6. The second-order valence-corrected chi connectivity index (χ2v) is 17.5. The molecule has 350 valence electrons. The van der Waals surface area contributed by atoms with Gasteiger partial charge in [0.2, 0.25) is 5.91 Å². The monoisotopic (exact) mass is 966 g/mol. The quantitative estimate of drug-likeness (QED) is 0.0543. The zero-order valence-electron chi connectivity index (χ0n) is 36.5. The van der Waals surface area contributed by atoms with Crippen LogP contribution in [0.2, 0.25) is 15.2 Å². The van der Waals surface area contributed by atoms with Gasteiger partial charge in [0, 0.05) is 80.4 Å². The number of hydrogen-bond donors (Lipinski definition) is 6. The smallest absolute Gasteiger partial charge is 0.410 e. The van der Waals surface area contributed by atoms with E-state index < -0.39 is 17.2 Å². The molecule has 2 aromatic carbocycles. The van der Waals surface area contributed by atoms with Gasteiger partial charge in [-0.3, -0.25) is 4.79 Å². The molecule has 2 amide bonds. The number of carbonyl (C=O) groups excluding carboxylic acids is 2. The summed E-state index contributed by atoms with van der Waals surface area (Å²) in [5.74, 6) is 2.26. The van der Waals surface area contributed by atoms with E-state index in [0.717, 1.165) is 38.2 Å². The van der Waals surface area contributed by atoms with Gasteiger partial charge in [-0.15, -0.1) is 0 Å². The van der Waals surface area contributed by atoms with Gasteiger partial charge >= 0.3 is 6.09 Å². The van der Waals surface area contributed by atoms with E-state index in [1.165, 1.54) is 49.3 Å². The third-order valence-corrected chi connectivity index (χ3v) is 10.8. The molecule has 3 aromatic heterocycles. The maximum absolute atomic E-state index is 13.2. The molecule has 8 rings (SSSR count). The number of nitrogens with one attached hydrogen (secondary N) is 6.